The van der Waals surface area contributed by atoms with Crippen LogP contribution in [-0.4, -0.2) is 23.8 Å². The Hall–Kier alpha value is -1.35. The maximum atomic E-state index is 7.64. The zero-order valence-corrected chi connectivity index (χ0v) is 12.0. The van der Waals surface area contributed by atoms with Gasteiger partial charge in [0.15, 0.2) is 0 Å². The summed E-state index contributed by atoms with van der Waals surface area (Å²) in [6.45, 7) is 6.85. The molecule has 2 rings (SSSR count). The van der Waals surface area contributed by atoms with Gasteiger partial charge >= 0.3 is 0 Å². The van der Waals surface area contributed by atoms with E-state index in [9.17, 15) is 0 Å². The van der Waals surface area contributed by atoms with Crippen molar-refractivity contribution in [2.75, 3.05) is 13.1 Å². The van der Waals surface area contributed by atoms with Gasteiger partial charge < -0.3 is 5.73 Å². The van der Waals surface area contributed by atoms with Crippen molar-refractivity contribution >= 4 is 5.84 Å². The largest absolute Gasteiger partial charge is 0.388 e. The Morgan fingerprint density at radius 2 is 1.84 bits per heavy atom. The minimum atomic E-state index is 0.254. The zero-order valence-electron chi connectivity index (χ0n) is 12.0. The molecule has 3 atom stereocenters. The normalized spacial score (nSPS) is 26.0. The molecule has 1 heterocycles. The van der Waals surface area contributed by atoms with E-state index in [1.165, 1.54) is 12.0 Å². The van der Waals surface area contributed by atoms with Crippen molar-refractivity contribution in [3.05, 3.63) is 35.9 Å². The van der Waals surface area contributed by atoms with Gasteiger partial charge in [0, 0.05) is 25.6 Å². The van der Waals surface area contributed by atoms with Gasteiger partial charge in [-0.15, -0.1) is 0 Å². The van der Waals surface area contributed by atoms with Crippen LogP contribution in [0.15, 0.2) is 30.3 Å². The van der Waals surface area contributed by atoms with E-state index < -0.39 is 0 Å². The molecule has 104 valence electrons. The highest BCUT2D eigenvalue weighted by molar-refractivity contribution is 5.77. The first-order valence-electron chi connectivity index (χ1n) is 7.18. The lowest BCUT2D eigenvalue weighted by Crippen LogP contribution is -2.42. The fourth-order valence-electron chi connectivity index (χ4n) is 3.31. The number of amidine groups is 1. The Labute approximate surface area is 116 Å². The van der Waals surface area contributed by atoms with Crippen LogP contribution in [0.5, 0.6) is 0 Å². The van der Waals surface area contributed by atoms with Crippen LogP contribution in [0.1, 0.15) is 38.3 Å². The second-order valence-corrected chi connectivity index (χ2v) is 6.06. The van der Waals surface area contributed by atoms with Gasteiger partial charge in [0.2, 0.25) is 0 Å². The summed E-state index contributed by atoms with van der Waals surface area (Å²) in [4.78, 5) is 2.51. The Morgan fingerprint density at radius 1 is 1.26 bits per heavy atom. The Bertz CT molecular complexity index is 405. The van der Waals surface area contributed by atoms with Gasteiger partial charge in [-0.05, 0) is 23.8 Å². The van der Waals surface area contributed by atoms with Crippen molar-refractivity contribution in [3.63, 3.8) is 0 Å². The van der Waals surface area contributed by atoms with Crippen LogP contribution in [0.4, 0.5) is 0 Å². The third-order valence-electron chi connectivity index (χ3n) is 3.94. The lowest BCUT2D eigenvalue weighted by molar-refractivity contribution is 0.0977. The van der Waals surface area contributed by atoms with Crippen molar-refractivity contribution in [3.8, 4) is 0 Å². The summed E-state index contributed by atoms with van der Waals surface area (Å²) >= 11 is 0. The SMILES string of the molecule is CC1CC(C)CN(C(CC(=N)N)c2ccccc2)C1. The van der Waals surface area contributed by atoms with Crippen molar-refractivity contribution in [2.24, 2.45) is 17.6 Å². The van der Waals surface area contributed by atoms with E-state index in [-0.39, 0.29) is 11.9 Å². The van der Waals surface area contributed by atoms with Crippen LogP contribution >= 0.6 is 0 Å². The molecule has 0 aromatic heterocycles. The van der Waals surface area contributed by atoms with E-state index in [1.54, 1.807) is 0 Å². The summed E-state index contributed by atoms with van der Waals surface area (Å²) < 4.78 is 0. The molecular formula is C16H25N3. The first-order valence-corrected chi connectivity index (χ1v) is 7.18. The third-order valence-corrected chi connectivity index (χ3v) is 3.94. The van der Waals surface area contributed by atoms with E-state index in [0.717, 1.165) is 24.9 Å². The molecule has 1 aromatic rings. The summed E-state index contributed by atoms with van der Waals surface area (Å²) in [5.74, 6) is 1.73. The Kier molecular flexibility index (Phi) is 4.59. The second kappa shape index (κ2) is 6.20. The van der Waals surface area contributed by atoms with Crippen LogP contribution in [0.3, 0.4) is 0 Å². The number of benzene rings is 1. The number of piperidine rings is 1. The zero-order chi connectivity index (χ0) is 13.8. The number of hydrogen-bond acceptors (Lipinski definition) is 2. The molecule has 1 saturated heterocycles. The summed E-state index contributed by atoms with van der Waals surface area (Å²) in [6.07, 6.45) is 1.93. The van der Waals surface area contributed by atoms with E-state index in [4.69, 9.17) is 11.1 Å². The standard InChI is InChI=1S/C16H25N3/c1-12-8-13(2)11-19(10-12)15(9-16(17)18)14-6-4-3-5-7-14/h3-7,12-13,15H,8-11H2,1-2H3,(H3,17,18). The quantitative estimate of drug-likeness (QED) is 0.645. The summed E-state index contributed by atoms with van der Waals surface area (Å²) in [6, 6.07) is 10.7. The molecule has 1 aliphatic rings. The third kappa shape index (κ3) is 3.80. The molecular weight excluding hydrogens is 234 g/mol. The number of nitrogens with two attached hydrogens (primary N) is 1. The highest BCUT2D eigenvalue weighted by Crippen LogP contribution is 2.31. The molecule has 3 N–H and O–H groups in total. The van der Waals surface area contributed by atoms with Crippen LogP contribution < -0.4 is 5.73 Å². The lowest BCUT2D eigenvalue weighted by atomic mass is 9.89. The molecule has 1 aliphatic heterocycles. The molecule has 0 radical (unpaired) electrons. The molecule has 0 aliphatic carbocycles. The van der Waals surface area contributed by atoms with Gasteiger partial charge in [-0.1, -0.05) is 44.2 Å². The van der Waals surface area contributed by atoms with Crippen LogP contribution in [0.25, 0.3) is 0 Å². The molecule has 0 saturated carbocycles. The summed E-state index contributed by atoms with van der Waals surface area (Å²) in [5.41, 5.74) is 6.94. The molecule has 1 aromatic carbocycles. The summed E-state index contributed by atoms with van der Waals surface area (Å²) in [5, 5.41) is 7.64. The smallest absolute Gasteiger partial charge is 0.0924 e. The maximum absolute atomic E-state index is 7.64. The minimum absolute atomic E-state index is 0.254. The van der Waals surface area contributed by atoms with Gasteiger partial charge in [0.25, 0.3) is 0 Å². The lowest BCUT2D eigenvalue weighted by Gasteiger charge is -2.40. The van der Waals surface area contributed by atoms with Crippen LogP contribution in [-0.2, 0) is 0 Å². The fourth-order valence-corrected chi connectivity index (χ4v) is 3.31. The molecule has 19 heavy (non-hydrogen) atoms. The molecule has 0 bridgehead atoms. The minimum Gasteiger partial charge on any atom is -0.388 e. The van der Waals surface area contributed by atoms with Gasteiger partial charge in [-0.3, -0.25) is 10.3 Å². The first kappa shape index (κ1) is 14.1. The molecule has 3 nitrogen and oxygen atoms in total. The summed E-state index contributed by atoms with van der Waals surface area (Å²) in [7, 11) is 0. The van der Waals surface area contributed by atoms with E-state index >= 15 is 0 Å². The predicted molar refractivity (Wildman–Crippen MR) is 80.2 cm³/mol. The van der Waals surface area contributed by atoms with Gasteiger partial charge in [0.05, 0.1) is 5.84 Å². The molecule has 3 unspecified atom stereocenters. The number of nitrogens with zero attached hydrogens (tertiary/aromatic N) is 1. The highest BCUT2D eigenvalue weighted by Gasteiger charge is 2.28. The highest BCUT2D eigenvalue weighted by atomic mass is 15.2. The number of rotatable bonds is 4. The number of likely N-dealkylation sites (tertiary alicyclic amines) is 1. The van der Waals surface area contributed by atoms with Gasteiger partial charge in [0.1, 0.15) is 0 Å². The van der Waals surface area contributed by atoms with Gasteiger partial charge in [-0.2, -0.15) is 0 Å². The van der Waals surface area contributed by atoms with Crippen molar-refractivity contribution < 1.29 is 0 Å². The molecule has 3 heteroatoms. The maximum Gasteiger partial charge on any atom is 0.0924 e. The van der Waals surface area contributed by atoms with Crippen LogP contribution in [0.2, 0.25) is 0 Å². The first-order chi connectivity index (χ1) is 9.06. The average Bonchev–Trinajstić information content (AvgIpc) is 2.35. The van der Waals surface area contributed by atoms with E-state index in [0.29, 0.717) is 6.42 Å². The van der Waals surface area contributed by atoms with E-state index in [1.807, 2.05) is 6.07 Å². The van der Waals surface area contributed by atoms with Crippen molar-refractivity contribution in [2.45, 2.75) is 32.7 Å². The second-order valence-electron chi connectivity index (χ2n) is 6.06. The Morgan fingerprint density at radius 3 is 2.37 bits per heavy atom. The molecule has 0 spiro atoms. The van der Waals surface area contributed by atoms with Crippen molar-refractivity contribution in [1.29, 1.82) is 5.41 Å². The predicted octanol–water partition coefficient (Wildman–Crippen LogP) is 3.03. The fraction of sp³-hybridized carbons (Fsp3) is 0.562. The van der Waals surface area contributed by atoms with Crippen molar-refractivity contribution in [1.82, 2.24) is 4.90 Å². The average molecular weight is 259 g/mol. The number of nitrogens with one attached hydrogen (secondary N) is 1. The Balaban J connectivity index is 2.20. The number of hydrogen-bond donors (Lipinski definition) is 2. The monoisotopic (exact) mass is 259 g/mol. The topological polar surface area (TPSA) is 53.1 Å². The van der Waals surface area contributed by atoms with Gasteiger partial charge in [-0.25, -0.2) is 0 Å². The molecule has 0 amide bonds. The molecule has 1 fully saturated rings. The van der Waals surface area contributed by atoms with E-state index in [2.05, 4.69) is 43.0 Å². The van der Waals surface area contributed by atoms with Crippen LogP contribution in [0, 0.1) is 17.2 Å².